The minimum Gasteiger partial charge on any atom is -0.233 e. The molecule has 142 valence electrons. The van der Waals surface area contributed by atoms with E-state index in [2.05, 4.69) is 62.4 Å². The maximum atomic E-state index is 8.08. The van der Waals surface area contributed by atoms with E-state index in [4.69, 9.17) is 4.11 Å². The Balaban J connectivity index is 2.31. The van der Waals surface area contributed by atoms with E-state index in [0.29, 0.717) is 11.5 Å². The third-order valence-electron chi connectivity index (χ3n) is 5.08. The Bertz CT molecular complexity index is 1030. The number of imidazole rings is 1. The molecule has 27 heavy (non-hydrogen) atoms. The molecule has 3 heteroatoms. The first-order valence-corrected chi connectivity index (χ1v) is 9.59. The van der Waals surface area contributed by atoms with E-state index in [1.54, 1.807) is 6.07 Å². The van der Waals surface area contributed by atoms with Gasteiger partial charge in [0, 0.05) is 4.11 Å². The van der Waals surface area contributed by atoms with Gasteiger partial charge < -0.3 is 0 Å². The number of aromatic nitrogens is 2. The largest absolute Gasteiger partial charge is 0.369 e. The van der Waals surface area contributed by atoms with Gasteiger partial charge in [0.1, 0.15) is 17.6 Å². The van der Waals surface area contributed by atoms with Gasteiger partial charge in [0.05, 0.1) is 19.3 Å². The zero-order valence-electron chi connectivity index (χ0n) is 20.2. The molecule has 0 radical (unpaired) electrons. The van der Waals surface area contributed by atoms with Crippen LogP contribution < -0.4 is 9.47 Å². The molecule has 0 amide bonds. The minimum atomic E-state index is -2.19. The quantitative estimate of drug-likeness (QED) is 0.516. The highest BCUT2D eigenvalue weighted by atomic mass is 15.3. The van der Waals surface area contributed by atoms with Gasteiger partial charge in [-0.3, -0.25) is 0 Å². The summed E-state index contributed by atoms with van der Waals surface area (Å²) in [5.74, 6) is 1.30. The number of para-hydroxylation sites is 2. The molecule has 0 fully saturated rings. The van der Waals surface area contributed by atoms with Crippen molar-refractivity contribution in [1.29, 1.82) is 0 Å². The van der Waals surface area contributed by atoms with Gasteiger partial charge in [0.15, 0.2) is 0 Å². The smallest absolute Gasteiger partial charge is 0.233 e. The SMILES string of the molecule is [2H]C([2H])([2H])c1cccc(C)c1-n1cc[n+](C(C)C)c1N(C)c1ccccc1C(C)C. The number of benzene rings is 2. The van der Waals surface area contributed by atoms with Crippen molar-refractivity contribution in [2.45, 2.75) is 53.4 Å². The van der Waals surface area contributed by atoms with Gasteiger partial charge in [0.2, 0.25) is 0 Å². The molecule has 0 saturated heterocycles. The molecule has 0 unspecified atom stereocenters. The third kappa shape index (κ3) is 3.51. The first-order chi connectivity index (χ1) is 14.0. The molecule has 0 bridgehead atoms. The fourth-order valence-corrected chi connectivity index (χ4v) is 3.68. The molecule has 0 saturated carbocycles. The van der Waals surface area contributed by atoms with E-state index >= 15 is 0 Å². The molecule has 1 aromatic heterocycles. The van der Waals surface area contributed by atoms with E-state index in [-0.39, 0.29) is 6.04 Å². The Hall–Kier alpha value is -2.55. The normalized spacial score (nSPS) is 13.6. The van der Waals surface area contributed by atoms with E-state index in [1.165, 1.54) is 5.56 Å². The second-order valence-corrected chi connectivity index (χ2v) is 7.71. The first-order valence-electron chi connectivity index (χ1n) is 11.1. The second-order valence-electron chi connectivity index (χ2n) is 7.71. The van der Waals surface area contributed by atoms with Crippen molar-refractivity contribution in [2.75, 3.05) is 11.9 Å². The highest BCUT2D eigenvalue weighted by Crippen LogP contribution is 2.32. The molecule has 3 rings (SSSR count). The Morgan fingerprint density at radius 1 is 1.00 bits per heavy atom. The number of nitrogens with zero attached hydrogens (tertiary/aromatic N) is 3. The molecule has 0 aliphatic carbocycles. The van der Waals surface area contributed by atoms with E-state index in [1.807, 2.05) is 42.1 Å². The average Bonchev–Trinajstić information content (AvgIpc) is 3.11. The summed E-state index contributed by atoms with van der Waals surface area (Å²) in [7, 11) is 2.05. The predicted octanol–water partition coefficient (Wildman–Crippen LogP) is 5.85. The lowest BCUT2D eigenvalue weighted by Gasteiger charge is -2.22. The van der Waals surface area contributed by atoms with Gasteiger partial charge in [-0.05, 0) is 56.3 Å². The van der Waals surface area contributed by atoms with Gasteiger partial charge in [-0.25, -0.2) is 14.0 Å². The number of hydrogen-bond acceptors (Lipinski definition) is 1. The van der Waals surface area contributed by atoms with Crippen LogP contribution in [0.4, 0.5) is 11.6 Å². The summed E-state index contributed by atoms with van der Waals surface area (Å²) in [6, 6.07) is 14.1. The molecule has 2 aromatic carbocycles. The summed E-state index contributed by atoms with van der Waals surface area (Å²) in [6.07, 6.45) is 4.01. The first kappa shape index (κ1) is 15.5. The Morgan fingerprint density at radius 3 is 2.37 bits per heavy atom. The predicted molar refractivity (Wildman–Crippen MR) is 114 cm³/mol. The lowest BCUT2D eigenvalue weighted by molar-refractivity contribution is -0.702. The highest BCUT2D eigenvalue weighted by Gasteiger charge is 2.28. The van der Waals surface area contributed by atoms with Crippen molar-refractivity contribution < 1.29 is 8.68 Å². The van der Waals surface area contributed by atoms with Crippen LogP contribution in [-0.4, -0.2) is 11.6 Å². The van der Waals surface area contributed by atoms with Gasteiger partial charge >= 0.3 is 5.95 Å². The zero-order valence-corrected chi connectivity index (χ0v) is 17.2. The van der Waals surface area contributed by atoms with Crippen LogP contribution in [-0.2, 0) is 0 Å². The van der Waals surface area contributed by atoms with Crippen LogP contribution in [0, 0.1) is 13.8 Å². The van der Waals surface area contributed by atoms with Crippen LogP contribution in [0.1, 0.15) is 60.5 Å². The number of aryl methyl sites for hydroxylation is 2. The summed E-state index contributed by atoms with van der Waals surface area (Å²) in [6.45, 7) is 8.43. The Labute approximate surface area is 168 Å². The van der Waals surface area contributed by atoms with E-state index in [9.17, 15) is 0 Å². The number of rotatable bonds is 5. The lowest BCUT2D eigenvalue weighted by Crippen LogP contribution is -2.40. The van der Waals surface area contributed by atoms with Crippen molar-refractivity contribution in [1.82, 2.24) is 4.57 Å². The highest BCUT2D eigenvalue weighted by molar-refractivity contribution is 5.63. The summed E-state index contributed by atoms with van der Waals surface area (Å²) in [4.78, 5) is 2.17. The second kappa shape index (κ2) is 7.59. The Morgan fingerprint density at radius 2 is 1.70 bits per heavy atom. The molecule has 1 heterocycles. The minimum absolute atomic E-state index is 0.218. The van der Waals surface area contributed by atoms with Gasteiger partial charge in [0.25, 0.3) is 0 Å². The fourth-order valence-electron chi connectivity index (χ4n) is 3.68. The van der Waals surface area contributed by atoms with Crippen molar-refractivity contribution in [3.05, 3.63) is 71.5 Å². The van der Waals surface area contributed by atoms with Gasteiger partial charge in [-0.1, -0.05) is 50.2 Å². The summed E-state index contributed by atoms with van der Waals surface area (Å²) in [5.41, 5.74) is 4.39. The van der Waals surface area contributed by atoms with Crippen molar-refractivity contribution in [2.24, 2.45) is 0 Å². The zero-order chi connectivity index (χ0) is 22.2. The number of anilines is 2. The Kier molecular flexibility index (Phi) is 4.36. The van der Waals surface area contributed by atoms with E-state index < -0.39 is 6.85 Å². The van der Waals surface area contributed by atoms with Crippen molar-refractivity contribution in [3.63, 3.8) is 0 Å². The van der Waals surface area contributed by atoms with Crippen LogP contribution in [0.2, 0.25) is 0 Å². The molecule has 0 aliphatic heterocycles. The van der Waals surface area contributed by atoms with Crippen molar-refractivity contribution in [3.8, 4) is 5.69 Å². The molecular formula is C24H32N3+. The lowest BCUT2D eigenvalue weighted by atomic mass is 10.0. The molecule has 0 N–H and O–H groups in total. The van der Waals surface area contributed by atoms with Crippen molar-refractivity contribution >= 4 is 11.6 Å². The maximum Gasteiger partial charge on any atom is 0.369 e. The molecule has 3 nitrogen and oxygen atoms in total. The fraction of sp³-hybridized carbons (Fsp3) is 0.375. The topological polar surface area (TPSA) is 12.0 Å². The standard InChI is InChI=1S/C24H32N3/c1-17(2)21-13-8-9-14-22(21)25(7)24-26(18(3)4)15-16-27(24)23-19(5)11-10-12-20(23)6/h8-18H,1-7H3/q+1/i5D3. The molecule has 0 atom stereocenters. The third-order valence-corrected chi connectivity index (χ3v) is 5.08. The number of hydrogen-bond donors (Lipinski definition) is 0. The van der Waals surface area contributed by atoms with Crippen LogP contribution >= 0.6 is 0 Å². The molecular weight excluding hydrogens is 330 g/mol. The monoisotopic (exact) mass is 365 g/mol. The van der Waals surface area contributed by atoms with Crippen LogP contribution in [0.25, 0.3) is 5.69 Å². The molecule has 0 aliphatic rings. The average molecular weight is 366 g/mol. The summed E-state index contributed by atoms with van der Waals surface area (Å²) >= 11 is 0. The summed E-state index contributed by atoms with van der Waals surface area (Å²) in [5, 5.41) is 0. The van der Waals surface area contributed by atoms with Crippen LogP contribution in [0.15, 0.2) is 54.9 Å². The van der Waals surface area contributed by atoms with E-state index in [0.717, 1.165) is 22.9 Å². The molecule has 3 aromatic rings. The van der Waals surface area contributed by atoms with Gasteiger partial charge in [-0.15, -0.1) is 0 Å². The maximum absolute atomic E-state index is 8.08. The summed E-state index contributed by atoms with van der Waals surface area (Å²) < 4.78 is 28.5. The van der Waals surface area contributed by atoms with Crippen LogP contribution in [0.5, 0.6) is 0 Å². The van der Waals surface area contributed by atoms with Gasteiger partial charge in [-0.2, -0.15) is 0 Å². The van der Waals surface area contributed by atoms with Crippen LogP contribution in [0.3, 0.4) is 0 Å². The molecule has 0 spiro atoms.